The van der Waals surface area contributed by atoms with Gasteiger partial charge in [0.25, 0.3) is 0 Å². The van der Waals surface area contributed by atoms with Crippen LogP contribution in [0.25, 0.3) is 0 Å². The van der Waals surface area contributed by atoms with Gasteiger partial charge in [-0.1, -0.05) is 23.7 Å². The highest BCUT2D eigenvalue weighted by Gasteiger charge is 2.08. The lowest BCUT2D eigenvalue weighted by atomic mass is 10.2. The summed E-state index contributed by atoms with van der Waals surface area (Å²) in [5.74, 6) is 0. The first-order chi connectivity index (χ1) is 9.06. The minimum absolute atomic E-state index is 0.346. The Kier molecular flexibility index (Phi) is 3.92. The van der Waals surface area contributed by atoms with Crippen LogP contribution in [-0.2, 0) is 0 Å². The number of nitrogens with two attached hydrogens (primary N) is 1. The smallest absolute Gasteiger partial charge is 0.323 e. The number of hydrogen-bond acceptors (Lipinski definition) is 2. The standard InChI is InChI=1S/C14H14ClN3O/c1-9-3-2-4-12(15)13(9)18-14(19)17-11-7-5-10(16)6-8-11/h2-8H,16H2,1H3,(H2,17,18,19). The third-order valence-corrected chi connectivity index (χ3v) is 2.94. The molecule has 19 heavy (non-hydrogen) atoms. The summed E-state index contributed by atoms with van der Waals surface area (Å²) in [5, 5.41) is 5.94. The van der Waals surface area contributed by atoms with Gasteiger partial charge in [-0.3, -0.25) is 0 Å². The van der Waals surface area contributed by atoms with Crippen molar-refractivity contribution >= 4 is 34.7 Å². The van der Waals surface area contributed by atoms with Gasteiger partial charge in [-0.15, -0.1) is 0 Å². The average molecular weight is 276 g/mol. The molecule has 0 saturated carbocycles. The maximum Gasteiger partial charge on any atom is 0.323 e. The summed E-state index contributed by atoms with van der Waals surface area (Å²) in [4.78, 5) is 11.9. The molecule has 5 heteroatoms. The summed E-state index contributed by atoms with van der Waals surface area (Å²) >= 11 is 6.04. The summed E-state index contributed by atoms with van der Waals surface area (Å²) in [6, 6.07) is 12.0. The Labute approximate surface area is 116 Å². The van der Waals surface area contributed by atoms with E-state index in [2.05, 4.69) is 10.6 Å². The highest BCUT2D eigenvalue weighted by atomic mass is 35.5. The van der Waals surface area contributed by atoms with Crippen molar-refractivity contribution in [2.24, 2.45) is 0 Å². The van der Waals surface area contributed by atoms with E-state index < -0.39 is 0 Å². The van der Waals surface area contributed by atoms with Gasteiger partial charge < -0.3 is 16.4 Å². The number of carbonyl (C=O) groups excluding carboxylic acids is 1. The molecule has 0 spiro atoms. The number of nitrogen functional groups attached to an aromatic ring is 1. The van der Waals surface area contributed by atoms with Crippen molar-refractivity contribution in [3.05, 3.63) is 53.1 Å². The molecule has 0 saturated heterocycles. The van der Waals surface area contributed by atoms with Gasteiger partial charge in [0.1, 0.15) is 0 Å². The van der Waals surface area contributed by atoms with Gasteiger partial charge in [0.15, 0.2) is 0 Å². The van der Waals surface area contributed by atoms with Crippen LogP contribution in [0.15, 0.2) is 42.5 Å². The third-order valence-electron chi connectivity index (χ3n) is 2.63. The molecule has 2 amide bonds. The van der Waals surface area contributed by atoms with Crippen molar-refractivity contribution in [2.75, 3.05) is 16.4 Å². The van der Waals surface area contributed by atoms with Crippen molar-refractivity contribution in [1.82, 2.24) is 0 Å². The SMILES string of the molecule is Cc1cccc(Cl)c1NC(=O)Nc1ccc(N)cc1. The first kappa shape index (κ1) is 13.2. The Bertz CT molecular complexity index is 576. The Morgan fingerprint density at radius 3 is 2.42 bits per heavy atom. The molecule has 0 aliphatic rings. The number of rotatable bonds is 2. The molecule has 2 aromatic carbocycles. The molecule has 0 fully saturated rings. The molecular formula is C14H14ClN3O. The highest BCUT2D eigenvalue weighted by Crippen LogP contribution is 2.25. The average Bonchev–Trinajstić information content (AvgIpc) is 2.37. The Morgan fingerprint density at radius 1 is 1.11 bits per heavy atom. The lowest BCUT2D eigenvalue weighted by Gasteiger charge is -2.11. The second-order valence-corrected chi connectivity index (χ2v) is 4.54. The zero-order chi connectivity index (χ0) is 13.8. The molecule has 0 atom stereocenters. The van der Waals surface area contributed by atoms with Crippen LogP contribution in [0.5, 0.6) is 0 Å². The molecule has 0 aliphatic heterocycles. The fourth-order valence-electron chi connectivity index (χ4n) is 1.63. The van der Waals surface area contributed by atoms with Crippen molar-refractivity contribution in [2.45, 2.75) is 6.92 Å². The lowest BCUT2D eigenvalue weighted by Crippen LogP contribution is -2.20. The van der Waals surface area contributed by atoms with E-state index in [0.29, 0.717) is 22.1 Å². The molecule has 2 rings (SSSR count). The number of amides is 2. The van der Waals surface area contributed by atoms with Gasteiger partial charge in [0.2, 0.25) is 0 Å². The predicted molar refractivity (Wildman–Crippen MR) is 79.7 cm³/mol. The quantitative estimate of drug-likeness (QED) is 0.728. The van der Waals surface area contributed by atoms with Gasteiger partial charge in [0.05, 0.1) is 10.7 Å². The maximum absolute atomic E-state index is 11.9. The molecule has 2 aromatic rings. The Balaban J connectivity index is 2.07. The van der Waals surface area contributed by atoms with Crippen LogP contribution in [0.3, 0.4) is 0 Å². The van der Waals surface area contributed by atoms with Crippen LogP contribution in [0.1, 0.15) is 5.56 Å². The molecule has 0 bridgehead atoms. The predicted octanol–water partition coefficient (Wildman–Crippen LogP) is 3.87. The molecule has 4 nitrogen and oxygen atoms in total. The van der Waals surface area contributed by atoms with Crippen LogP contribution in [0, 0.1) is 6.92 Å². The third kappa shape index (κ3) is 3.39. The topological polar surface area (TPSA) is 67.2 Å². The Hall–Kier alpha value is -2.20. The van der Waals surface area contributed by atoms with Crippen LogP contribution in [0.4, 0.5) is 21.9 Å². The number of hydrogen-bond donors (Lipinski definition) is 3. The summed E-state index contributed by atoms with van der Waals surface area (Å²) in [5.41, 5.74) is 8.40. The Morgan fingerprint density at radius 2 is 1.79 bits per heavy atom. The number of nitrogens with one attached hydrogen (secondary N) is 2. The second-order valence-electron chi connectivity index (χ2n) is 4.13. The molecule has 0 aromatic heterocycles. The number of para-hydroxylation sites is 1. The van der Waals surface area contributed by atoms with Gasteiger partial charge in [-0.05, 0) is 42.8 Å². The molecule has 4 N–H and O–H groups in total. The number of carbonyl (C=O) groups is 1. The summed E-state index contributed by atoms with van der Waals surface area (Å²) in [6.07, 6.45) is 0. The number of halogens is 1. The minimum atomic E-state index is -0.346. The molecule has 98 valence electrons. The molecular weight excluding hydrogens is 262 g/mol. The highest BCUT2D eigenvalue weighted by molar-refractivity contribution is 6.34. The van der Waals surface area contributed by atoms with E-state index in [9.17, 15) is 4.79 Å². The van der Waals surface area contributed by atoms with Crippen molar-refractivity contribution in [3.63, 3.8) is 0 Å². The van der Waals surface area contributed by atoms with E-state index >= 15 is 0 Å². The van der Waals surface area contributed by atoms with Crippen molar-refractivity contribution < 1.29 is 4.79 Å². The second kappa shape index (κ2) is 5.63. The molecule has 0 unspecified atom stereocenters. The lowest BCUT2D eigenvalue weighted by molar-refractivity contribution is 0.262. The van der Waals surface area contributed by atoms with Crippen molar-refractivity contribution in [1.29, 1.82) is 0 Å². The monoisotopic (exact) mass is 275 g/mol. The summed E-state index contributed by atoms with van der Waals surface area (Å²) < 4.78 is 0. The normalized spacial score (nSPS) is 10.0. The van der Waals surface area contributed by atoms with E-state index in [-0.39, 0.29) is 6.03 Å². The van der Waals surface area contributed by atoms with Crippen LogP contribution < -0.4 is 16.4 Å². The zero-order valence-electron chi connectivity index (χ0n) is 10.4. The van der Waals surface area contributed by atoms with Crippen molar-refractivity contribution in [3.8, 4) is 0 Å². The van der Waals surface area contributed by atoms with Gasteiger partial charge >= 0.3 is 6.03 Å². The first-order valence-corrected chi connectivity index (χ1v) is 6.13. The van der Waals surface area contributed by atoms with Gasteiger partial charge in [0, 0.05) is 11.4 Å². The van der Waals surface area contributed by atoms with Crippen LogP contribution in [0.2, 0.25) is 5.02 Å². The number of anilines is 3. The van der Waals surface area contributed by atoms with Crippen LogP contribution >= 0.6 is 11.6 Å². The van der Waals surface area contributed by atoms with Gasteiger partial charge in [-0.25, -0.2) is 4.79 Å². The first-order valence-electron chi connectivity index (χ1n) is 5.75. The van der Waals surface area contributed by atoms with E-state index in [0.717, 1.165) is 5.56 Å². The fraction of sp³-hybridized carbons (Fsp3) is 0.0714. The van der Waals surface area contributed by atoms with E-state index in [1.54, 1.807) is 30.3 Å². The summed E-state index contributed by atoms with van der Waals surface area (Å²) in [6.45, 7) is 1.88. The fourth-order valence-corrected chi connectivity index (χ4v) is 1.90. The number of urea groups is 1. The summed E-state index contributed by atoms with van der Waals surface area (Å²) in [7, 11) is 0. The number of aryl methyl sites for hydroxylation is 1. The molecule has 0 aliphatic carbocycles. The zero-order valence-corrected chi connectivity index (χ0v) is 11.2. The maximum atomic E-state index is 11.9. The van der Waals surface area contributed by atoms with E-state index in [4.69, 9.17) is 17.3 Å². The molecule has 0 radical (unpaired) electrons. The molecule has 0 heterocycles. The van der Waals surface area contributed by atoms with E-state index in [1.807, 2.05) is 19.1 Å². The minimum Gasteiger partial charge on any atom is -0.399 e. The largest absolute Gasteiger partial charge is 0.399 e. The van der Waals surface area contributed by atoms with Gasteiger partial charge in [-0.2, -0.15) is 0 Å². The van der Waals surface area contributed by atoms with E-state index in [1.165, 1.54) is 0 Å². The van der Waals surface area contributed by atoms with Crippen LogP contribution in [-0.4, -0.2) is 6.03 Å². The number of benzene rings is 2.